The number of amides is 1. The fourth-order valence-electron chi connectivity index (χ4n) is 2.18. The lowest BCUT2D eigenvalue weighted by atomic mass is 10.1. The van der Waals surface area contributed by atoms with Crippen molar-refractivity contribution in [2.75, 3.05) is 19.3 Å². The van der Waals surface area contributed by atoms with Crippen LogP contribution in [0.25, 0.3) is 0 Å². The maximum atomic E-state index is 12.2. The van der Waals surface area contributed by atoms with E-state index in [4.69, 9.17) is 5.73 Å². The molecular formula is C16H22N4O. The number of aryl methyl sites for hydroxylation is 1. The van der Waals surface area contributed by atoms with Crippen LogP contribution in [0, 0.1) is 13.8 Å². The Morgan fingerprint density at radius 3 is 2.52 bits per heavy atom. The highest BCUT2D eigenvalue weighted by Gasteiger charge is 2.14. The van der Waals surface area contributed by atoms with Crippen LogP contribution >= 0.6 is 0 Å². The molecule has 1 amide bonds. The molecule has 2 N–H and O–H groups in total. The first-order chi connectivity index (χ1) is 9.99. The second kappa shape index (κ2) is 6.43. The lowest BCUT2D eigenvalue weighted by Gasteiger charge is -2.17. The van der Waals surface area contributed by atoms with Gasteiger partial charge in [-0.15, -0.1) is 0 Å². The lowest BCUT2D eigenvalue weighted by Crippen LogP contribution is -2.32. The van der Waals surface area contributed by atoms with Crippen molar-refractivity contribution in [2.24, 2.45) is 0 Å². The van der Waals surface area contributed by atoms with Gasteiger partial charge in [0.25, 0.3) is 0 Å². The summed E-state index contributed by atoms with van der Waals surface area (Å²) in [6.07, 6.45) is 0.850. The average Bonchev–Trinajstić information content (AvgIpc) is 2.73. The molecule has 0 atom stereocenters. The summed E-state index contributed by atoms with van der Waals surface area (Å²) in [6, 6.07) is 10.2. The molecular weight excluding hydrogens is 264 g/mol. The summed E-state index contributed by atoms with van der Waals surface area (Å²) in [5.41, 5.74) is 9.39. The van der Waals surface area contributed by atoms with Gasteiger partial charge in [0.05, 0.1) is 17.1 Å². The zero-order valence-electron chi connectivity index (χ0n) is 12.8. The van der Waals surface area contributed by atoms with Gasteiger partial charge in [0.2, 0.25) is 5.91 Å². The number of likely N-dealkylation sites (N-methyl/N-ethyl adjacent to an activating group) is 1. The van der Waals surface area contributed by atoms with Gasteiger partial charge in [0, 0.05) is 13.6 Å². The number of anilines is 1. The molecule has 1 aromatic carbocycles. The molecule has 0 aliphatic carbocycles. The van der Waals surface area contributed by atoms with E-state index in [0.717, 1.165) is 17.8 Å². The number of aromatic nitrogens is 2. The van der Waals surface area contributed by atoms with Crippen LogP contribution in [0.15, 0.2) is 30.3 Å². The van der Waals surface area contributed by atoms with Gasteiger partial charge in [-0.2, -0.15) is 5.10 Å². The number of carbonyl (C=O) groups excluding carboxylic acids is 1. The van der Waals surface area contributed by atoms with Gasteiger partial charge < -0.3 is 10.6 Å². The third-order valence-electron chi connectivity index (χ3n) is 3.73. The lowest BCUT2D eigenvalue weighted by molar-refractivity contribution is -0.130. The summed E-state index contributed by atoms with van der Waals surface area (Å²) in [5.74, 6) is 0.0385. The molecule has 0 aliphatic rings. The molecule has 5 heteroatoms. The summed E-state index contributed by atoms with van der Waals surface area (Å²) < 4.78 is 1.67. The number of nitrogens with zero attached hydrogens (tertiary/aromatic N) is 3. The van der Waals surface area contributed by atoms with Crippen molar-refractivity contribution in [3.05, 3.63) is 47.3 Å². The predicted octanol–water partition coefficient (Wildman–Crippen LogP) is 1.78. The van der Waals surface area contributed by atoms with E-state index in [0.29, 0.717) is 12.2 Å². The van der Waals surface area contributed by atoms with Crippen LogP contribution in [-0.4, -0.2) is 34.2 Å². The van der Waals surface area contributed by atoms with E-state index in [-0.39, 0.29) is 12.5 Å². The zero-order chi connectivity index (χ0) is 15.4. The molecule has 0 saturated heterocycles. The van der Waals surface area contributed by atoms with E-state index in [1.807, 2.05) is 39.1 Å². The van der Waals surface area contributed by atoms with E-state index >= 15 is 0 Å². The van der Waals surface area contributed by atoms with Crippen LogP contribution in [0.2, 0.25) is 0 Å². The fourth-order valence-corrected chi connectivity index (χ4v) is 2.18. The Kier molecular flexibility index (Phi) is 4.62. The Bertz CT molecular complexity index is 619. The molecule has 21 heavy (non-hydrogen) atoms. The van der Waals surface area contributed by atoms with Crippen LogP contribution in [0.1, 0.15) is 17.0 Å². The van der Waals surface area contributed by atoms with Crippen LogP contribution in [0.4, 0.5) is 5.69 Å². The minimum absolute atomic E-state index is 0.0385. The normalized spacial score (nSPS) is 10.6. The first-order valence-corrected chi connectivity index (χ1v) is 7.06. The van der Waals surface area contributed by atoms with Gasteiger partial charge in [-0.1, -0.05) is 30.3 Å². The van der Waals surface area contributed by atoms with Gasteiger partial charge >= 0.3 is 0 Å². The molecule has 0 aliphatic heterocycles. The number of nitrogen functional groups attached to an aromatic ring is 1. The van der Waals surface area contributed by atoms with Gasteiger partial charge in [-0.3, -0.25) is 9.48 Å². The van der Waals surface area contributed by atoms with Crippen molar-refractivity contribution < 1.29 is 4.79 Å². The SMILES string of the molecule is Cc1nn(CC(=O)N(C)CCc2ccccc2)c(C)c1N. The second-order valence-corrected chi connectivity index (χ2v) is 5.29. The smallest absolute Gasteiger partial charge is 0.244 e. The Labute approximate surface area is 125 Å². The third-order valence-corrected chi connectivity index (χ3v) is 3.73. The fraction of sp³-hybridized carbons (Fsp3) is 0.375. The van der Waals surface area contributed by atoms with Gasteiger partial charge in [0.1, 0.15) is 6.54 Å². The first kappa shape index (κ1) is 15.1. The average molecular weight is 286 g/mol. The van der Waals surface area contributed by atoms with Crippen molar-refractivity contribution in [1.82, 2.24) is 14.7 Å². The monoisotopic (exact) mass is 286 g/mol. The largest absolute Gasteiger partial charge is 0.396 e. The number of nitrogens with two attached hydrogens (primary N) is 1. The van der Waals surface area contributed by atoms with Crippen molar-refractivity contribution in [2.45, 2.75) is 26.8 Å². The minimum atomic E-state index is 0.0385. The van der Waals surface area contributed by atoms with E-state index in [1.54, 1.807) is 9.58 Å². The molecule has 1 aromatic heterocycles. The van der Waals surface area contributed by atoms with Gasteiger partial charge in [-0.25, -0.2) is 0 Å². The van der Waals surface area contributed by atoms with E-state index < -0.39 is 0 Å². The molecule has 0 bridgehead atoms. The highest BCUT2D eigenvalue weighted by molar-refractivity contribution is 5.76. The molecule has 0 unspecified atom stereocenters. The number of rotatable bonds is 5. The molecule has 112 valence electrons. The molecule has 0 fully saturated rings. The topological polar surface area (TPSA) is 64.2 Å². The molecule has 1 heterocycles. The number of hydrogen-bond acceptors (Lipinski definition) is 3. The molecule has 2 aromatic rings. The van der Waals surface area contributed by atoms with E-state index in [2.05, 4.69) is 17.2 Å². The van der Waals surface area contributed by atoms with E-state index in [9.17, 15) is 4.79 Å². The van der Waals surface area contributed by atoms with Crippen LogP contribution in [-0.2, 0) is 17.8 Å². The Morgan fingerprint density at radius 1 is 1.29 bits per heavy atom. The second-order valence-electron chi connectivity index (χ2n) is 5.29. The van der Waals surface area contributed by atoms with Crippen LogP contribution in [0.5, 0.6) is 0 Å². The Balaban J connectivity index is 1.92. The van der Waals surface area contributed by atoms with Crippen molar-refractivity contribution >= 4 is 11.6 Å². The van der Waals surface area contributed by atoms with Crippen molar-refractivity contribution in [3.63, 3.8) is 0 Å². The standard InChI is InChI=1S/C16H22N4O/c1-12-16(17)13(2)20(18-12)11-15(21)19(3)10-9-14-7-5-4-6-8-14/h4-8H,9-11,17H2,1-3H3. The van der Waals surface area contributed by atoms with Gasteiger partial charge in [-0.05, 0) is 25.8 Å². The Morgan fingerprint density at radius 2 is 1.95 bits per heavy atom. The highest BCUT2D eigenvalue weighted by Crippen LogP contribution is 2.14. The Hall–Kier alpha value is -2.30. The molecule has 2 rings (SSSR count). The maximum Gasteiger partial charge on any atom is 0.244 e. The summed E-state index contributed by atoms with van der Waals surface area (Å²) in [7, 11) is 1.82. The third kappa shape index (κ3) is 3.62. The molecule has 0 spiro atoms. The van der Waals surface area contributed by atoms with E-state index in [1.165, 1.54) is 5.56 Å². The highest BCUT2D eigenvalue weighted by atomic mass is 16.2. The van der Waals surface area contributed by atoms with Crippen molar-refractivity contribution in [1.29, 1.82) is 0 Å². The number of carbonyl (C=O) groups is 1. The summed E-state index contributed by atoms with van der Waals surface area (Å²) in [5, 5.41) is 4.29. The number of benzene rings is 1. The number of hydrogen-bond donors (Lipinski definition) is 1. The molecule has 0 radical (unpaired) electrons. The molecule has 0 saturated carbocycles. The predicted molar refractivity (Wildman–Crippen MR) is 83.9 cm³/mol. The quantitative estimate of drug-likeness (QED) is 0.911. The van der Waals surface area contributed by atoms with Crippen molar-refractivity contribution in [3.8, 4) is 0 Å². The van der Waals surface area contributed by atoms with Crippen LogP contribution < -0.4 is 5.73 Å². The summed E-state index contributed by atoms with van der Waals surface area (Å²) in [6.45, 7) is 4.65. The molecule has 5 nitrogen and oxygen atoms in total. The zero-order valence-corrected chi connectivity index (χ0v) is 12.8. The first-order valence-electron chi connectivity index (χ1n) is 7.06. The minimum Gasteiger partial charge on any atom is -0.396 e. The summed E-state index contributed by atoms with van der Waals surface area (Å²) in [4.78, 5) is 14.0. The summed E-state index contributed by atoms with van der Waals surface area (Å²) >= 11 is 0. The van der Waals surface area contributed by atoms with Gasteiger partial charge in [0.15, 0.2) is 0 Å². The van der Waals surface area contributed by atoms with Crippen LogP contribution in [0.3, 0.4) is 0 Å². The maximum absolute atomic E-state index is 12.2.